The highest BCUT2D eigenvalue weighted by atomic mass is 35.5. The Balaban J connectivity index is 0.000000618. The number of ether oxygens (including phenoxy) is 3. The minimum absolute atomic E-state index is 0.0489. The second-order valence-corrected chi connectivity index (χ2v) is 14.1. The predicted octanol–water partition coefficient (Wildman–Crippen LogP) is 6.36. The molecule has 1 saturated heterocycles. The zero-order chi connectivity index (χ0) is 38.8. The summed E-state index contributed by atoms with van der Waals surface area (Å²) < 4.78 is 90.0. The van der Waals surface area contributed by atoms with Gasteiger partial charge in [0.25, 0.3) is 0 Å². The Bertz CT molecular complexity index is 1790. The number of nitrogens with one attached hydrogen (secondary N) is 1. The van der Waals surface area contributed by atoms with E-state index >= 15 is 0 Å². The summed E-state index contributed by atoms with van der Waals surface area (Å²) in [4.78, 5) is 22.1. The van der Waals surface area contributed by atoms with Crippen molar-refractivity contribution in [1.82, 2.24) is 19.4 Å². The molecular weight excluding hydrogens is 762 g/mol. The monoisotopic (exact) mass is 803 g/mol. The summed E-state index contributed by atoms with van der Waals surface area (Å²) >= 11 is 12.3. The normalized spacial score (nSPS) is 18.0. The van der Waals surface area contributed by atoms with Crippen LogP contribution in [0.1, 0.15) is 41.3 Å². The molecule has 2 aliphatic heterocycles. The summed E-state index contributed by atoms with van der Waals surface area (Å²) in [5.74, 6) is -0.0361. The van der Waals surface area contributed by atoms with E-state index in [9.17, 15) is 30.9 Å². The third-order valence-corrected chi connectivity index (χ3v) is 9.87. The van der Waals surface area contributed by atoms with Crippen LogP contribution in [0.4, 0.5) is 18.0 Å². The molecule has 2 aliphatic rings. The molecule has 0 saturated carbocycles. The van der Waals surface area contributed by atoms with Crippen LogP contribution in [-0.4, -0.2) is 112 Å². The van der Waals surface area contributed by atoms with Crippen molar-refractivity contribution in [3.8, 4) is 5.75 Å². The van der Waals surface area contributed by atoms with Crippen molar-refractivity contribution in [3.63, 3.8) is 0 Å². The van der Waals surface area contributed by atoms with Gasteiger partial charge in [0.2, 0.25) is 0 Å². The molecular formula is C35H42Cl2F3N5O7S. The first-order valence-electron chi connectivity index (χ1n) is 16.6. The molecule has 0 aliphatic carbocycles. The fourth-order valence-electron chi connectivity index (χ4n) is 5.75. The lowest BCUT2D eigenvalue weighted by atomic mass is 9.93. The van der Waals surface area contributed by atoms with Gasteiger partial charge in [0, 0.05) is 63.5 Å². The molecule has 2 atom stereocenters. The van der Waals surface area contributed by atoms with E-state index in [1.165, 1.54) is 15.9 Å². The lowest BCUT2D eigenvalue weighted by Crippen LogP contribution is -2.55. The highest BCUT2D eigenvalue weighted by Gasteiger charge is 2.45. The van der Waals surface area contributed by atoms with Gasteiger partial charge >= 0.3 is 22.5 Å². The number of carbonyl (C=O) groups excluding carboxylic acids is 1. The third-order valence-electron chi connectivity index (χ3n) is 8.35. The number of methoxy groups -OCH3 is 2. The number of hydrogen-bond donors (Lipinski definition) is 2. The van der Waals surface area contributed by atoms with Gasteiger partial charge in [-0.15, -0.1) is 0 Å². The summed E-state index contributed by atoms with van der Waals surface area (Å²) in [6, 6.07) is 14.6. The van der Waals surface area contributed by atoms with E-state index in [0.717, 1.165) is 42.7 Å². The van der Waals surface area contributed by atoms with Crippen LogP contribution < -0.4 is 10.1 Å². The lowest BCUT2D eigenvalue weighted by Gasteiger charge is -2.38. The lowest BCUT2D eigenvalue weighted by molar-refractivity contribution is -0.137. The molecule has 0 aromatic heterocycles. The number of alkyl halides is 3. The maximum Gasteiger partial charge on any atom is 0.416 e. The second kappa shape index (κ2) is 19.2. The average molecular weight is 805 g/mol. The first-order chi connectivity index (χ1) is 25.2. The van der Waals surface area contributed by atoms with Crippen molar-refractivity contribution < 1.29 is 45.1 Å². The number of benzene rings is 3. The van der Waals surface area contributed by atoms with E-state index in [0.29, 0.717) is 21.2 Å². The zero-order valence-electron chi connectivity index (χ0n) is 29.4. The average Bonchev–Trinajstić information content (AvgIpc) is 3.52. The molecule has 12 nitrogen and oxygen atoms in total. The summed E-state index contributed by atoms with van der Waals surface area (Å²) in [5.41, 5.74) is 0.567. The van der Waals surface area contributed by atoms with Gasteiger partial charge in [-0.1, -0.05) is 47.5 Å². The van der Waals surface area contributed by atoms with E-state index < -0.39 is 40.2 Å². The maximum atomic E-state index is 14.4. The molecule has 3 aromatic carbocycles. The van der Waals surface area contributed by atoms with Gasteiger partial charge < -0.3 is 24.4 Å². The molecule has 1 fully saturated rings. The Kier molecular flexibility index (Phi) is 15.3. The van der Waals surface area contributed by atoms with Gasteiger partial charge in [0.05, 0.1) is 37.0 Å². The second-order valence-electron chi connectivity index (χ2n) is 11.8. The first kappa shape index (κ1) is 42.3. The molecule has 18 heteroatoms. The third kappa shape index (κ3) is 11.3. The van der Waals surface area contributed by atoms with Crippen molar-refractivity contribution in [2.24, 2.45) is 4.99 Å². The number of amidine groups is 1. The number of amides is 2. The van der Waals surface area contributed by atoms with Crippen LogP contribution in [0.3, 0.4) is 0 Å². The number of piperazine rings is 1. The highest BCUT2D eigenvalue weighted by Crippen LogP contribution is 2.46. The molecule has 290 valence electrons. The quantitative estimate of drug-likeness (QED) is 0.160. The van der Waals surface area contributed by atoms with Crippen molar-refractivity contribution in [2.75, 3.05) is 73.3 Å². The van der Waals surface area contributed by atoms with Crippen molar-refractivity contribution in [2.45, 2.75) is 25.2 Å². The Morgan fingerprint density at radius 1 is 0.906 bits per heavy atom. The van der Waals surface area contributed by atoms with Gasteiger partial charge in [0.1, 0.15) is 17.6 Å². The van der Waals surface area contributed by atoms with Crippen LogP contribution in [0.2, 0.25) is 10.0 Å². The fourth-order valence-corrected chi connectivity index (χ4v) is 6.63. The predicted molar refractivity (Wildman–Crippen MR) is 196 cm³/mol. The van der Waals surface area contributed by atoms with E-state index in [2.05, 4.69) is 5.32 Å². The Morgan fingerprint density at radius 2 is 1.45 bits per heavy atom. The van der Waals surface area contributed by atoms with Crippen molar-refractivity contribution in [1.29, 1.82) is 0 Å². The topological polar surface area (TPSA) is 133 Å². The van der Waals surface area contributed by atoms with Gasteiger partial charge in [-0.25, -0.2) is 4.79 Å². The van der Waals surface area contributed by atoms with Crippen LogP contribution in [0.25, 0.3) is 0 Å². The number of hydrogen-bond acceptors (Lipinski definition) is 8. The fraction of sp³-hybridized carbons (Fsp3) is 0.429. The van der Waals surface area contributed by atoms with Gasteiger partial charge in [-0.05, 0) is 60.5 Å². The standard InChI is InChI=1S/C29H27Cl2F3N4O5S.C6H15NO2/c1-2-43-24-17-20(29(32,33)34)7-12-23(24)27-35-25(18-3-8-21(30)9-4-18)26(19-5-10-22(31)11-6-19)38(27)28(39)36-13-15-37(16-14-36)44(40,41)42;1-8-5-3-7-4-6-9-2/h3-12,17,25-26H,2,13-16H2,1H3,(H,40,41,42);7H,3-6H2,1-2H3. The molecule has 2 N–H and O–H groups in total. The van der Waals surface area contributed by atoms with Crippen LogP contribution in [0.15, 0.2) is 71.7 Å². The van der Waals surface area contributed by atoms with E-state index in [1.54, 1.807) is 69.7 Å². The molecule has 53 heavy (non-hydrogen) atoms. The van der Waals surface area contributed by atoms with E-state index in [-0.39, 0.29) is 49.9 Å². The first-order valence-corrected chi connectivity index (χ1v) is 18.8. The largest absolute Gasteiger partial charge is 0.493 e. The van der Waals surface area contributed by atoms with Crippen LogP contribution in [-0.2, 0) is 26.0 Å². The molecule has 0 bridgehead atoms. The number of aliphatic imine (C=N–C) groups is 1. The maximum absolute atomic E-state index is 14.4. The summed E-state index contributed by atoms with van der Waals surface area (Å²) in [7, 11) is -1.07. The number of halogens is 5. The van der Waals surface area contributed by atoms with Gasteiger partial charge in [-0.3, -0.25) is 14.4 Å². The van der Waals surface area contributed by atoms with Gasteiger partial charge in [-0.2, -0.15) is 25.9 Å². The Labute approximate surface area is 317 Å². The molecule has 2 heterocycles. The minimum Gasteiger partial charge on any atom is -0.493 e. The molecule has 0 spiro atoms. The summed E-state index contributed by atoms with van der Waals surface area (Å²) in [6.45, 7) is 4.62. The SMILES string of the molecule is CCOc1cc(C(F)(F)F)ccc1C1=NC(c2ccc(Cl)cc2)C(c2ccc(Cl)cc2)N1C(=O)N1CCN(S(=O)(=O)O)CC1.COCCNCCOC. The van der Waals surface area contributed by atoms with Crippen LogP contribution >= 0.6 is 23.2 Å². The summed E-state index contributed by atoms with van der Waals surface area (Å²) in [5, 5.41) is 4.07. The molecule has 2 amide bonds. The number of nitrogens with zero attached hydrogens (tertiary/aromatic N) is 4. The molecule has 5 rings (SSSR count). The van der Waals surface area contributed by atoms with E-state index in [4.69, 9.17) is 42.4 Å². The Hall–Kier alpha value is -3.48. The van der Waals surface area contributed by atoms with E-state index in [1.807, 2.05) is 0 Å². The number of urea groups is 1. The molecule has 3 aromatic rings. The molecule has 0 radical (unpaired) electrons. The zero-order valence-corrected chi connectivity index (χ0v) is 31.7. The summed E-state index contributed by atoms with van der Waals surface area (Å²) in [6.07, 6.45) is -4.64. The molecule has 2 unspecified atom stereocenters. The Morgan fingerprint density at radius 3 is 1.94 bits per heavy atom. The van der Waals surface area contributed by atoms with Crippen molar-refractivity contribution >= 4 is 45.4 Å². The van der Waals surface area contributed by atoms with Gasteiger partial charge in [0.15, 0.2) is 0 Å². The van der Waals surface area contributed by atoms with Crippen LogP contribution in [0, 0.1) is 0 Å². The number of carbonyl (C=O) groups is 1. The van der Waals surface area contributed by atoms with Crippen molar-refractivity contribution in [3.05, 3.63) is 99.0 Å². The highest BCUT2D eigenvalue weighted by molar-refractivity contribution is 7.83. The van der Waals surface area contributed by atoms with Crippen LogP contribution in [0.5, 0.6) is 5.75 Å². The number of rotatable bonds is 12. The minimum atomic E-state index is -4.64. The smallest absolute Gasteiger partial charge is 0.416 e.